The number of nitrogens with one attached hydrogen (secondary N) is 1. The largest absolute Gasteiger partial charge is 0.496 e. The van der Waals surface area contributed by atoms with Crippen molar-refractivity contribution in [2.75, 3.05) is 7.11 Å². The van der Waals surface area contributed by atoms with Crippen molar-refractivity contribution in [1.29, 1.82) is 0 Å². The van der Waals surface area contributed by atoms with Gasteiger partial charge in [0, 0.05) is 11.6 Å². The Morgan fingerprint density at radius 2 is 2.11 bits per heavy atom. The molecule has 1 aromatic heterocycles. The van der Waals surface area contributed by atoms with Gasteiger partial charge < -0.3 is 14.5 Å². The molecule has 1 aromatic carbocycles. The molecule has 4 heteroatoms. The molecule has 0 aliphatic carbocycles. The van der Waals surface area contributed by atoms with Gasteiger partial charge in [-0.2, -0.15) is 0 Å². The predicted octanol–water partition coefficient (Wildman–Crippen LogP) is 4.10. The quantitative estimate of drug-likeness (QED) is 0.895. The molecule has 0 spiro atoms. The third-order valence-electron chi connectivity index (χ3n) is 3.06. The van der Waals surface area contributed by atoms with Gasteiger partial charge in [0.25, 0.3) is 0 Å². The van der Waals surface area contributed by atoms with Crippen LogP contribution in [0, 0.1) is 6.92 Å². The first-order valence-electron chi connectivity index (χ1n) is 6.22. The smallest absolute Gasteiger partial charge is 0.193 e. The van der Waals surface area contributed by atoms with E-state index in [1.54, 1.807) is 13.2 Å². The molecule has 19 heavy (non-hydrogen) atoms. The van der Waals surface area contributed by atoms with Gasteiger partial charge >= 0.3 is 0 Å². The third-order valence-corrected chi connectivity index (χ3v) is 3.27. The molecule has 0 saturated heterocycles. The Labute approximate surface area is 118 Å². The molecular formula is C15H18ClNO2. The number of hydrogen-bond donors (Lipinski definition) is 1. The fourth-order valence-corrected chi connectivity index (χ4v) is 2.16. The highest BCUT2D eigenvalue weighted by Gasteiger charge is 2.12. The van der Waals surface area contributed by atoms with Crippen molar-refractivity contribution in [3.05, 3.63) is 52.4 Å². The van der Waals surface area contributed by atoms with Crippen LogP contribution in [0.1, 0.15) is 29.9 Å². The van der Waals surface area contributed by atoms with Gasteiger partial charge in [0.05, 0.1) is 13.7 Å². The maximum atomic E-state index is 5.75. The van der Waals surface area contributed by atoms with E-state index in [1.807, 2.05) is 18.2 Å². The van der Waals surface area contributed by atoms with Gasteiger partial charge in [-0.1, -0.05) is 17.7 Å². The minimum Gasteiger partial charge on any atom is -0.496 e. The average molecular weight is 280 g/mol. The van der Waals surface area contributed by atoms with E-state index >= 15 is 0 Å². The Bertz CT molecular complexity index is 551. The third kappa shape index (κ3) is 3.52. The highest BCUT2D eigenvalue weighted by atomic mass is 35.5. The van der Waals surface area contributed by atoms with Gasteiger partial charge in [0.15, 0.2) is 5.22 Å². The molecule has 0 bridgehead atoms. The van der Waals surface area contributed by atoms with E-state index in [2.05, 4.69) is 25.2 Å². The summed E-state index contributed by atoms with van der Waals surface area (Å²) < 4.78 is 10.7. The number of halogens is 1. The normalized spacial score (nSPS) is 12.4. The van der Waals surface area contributed by atoms with E-state index in [0.717, 1.165) is 17.1 Å². The topological polar surface area (TPSA) is 34.4 Å². The number of aryl methyl sites for hydroxylation is 1. The Hall–Kier alpha value is -1.45. The first-order valence-corrected chi connectivity index (χ1v) is 6.60. The summed E-state index contributed by atoms with van der Waals surface area (Å²) >= 11 is 5.75. The Morgan fingerprint density at radius 3 is 2.74 bits per heavy atom. The summed E-state index contributed by atoms with van der Waals surface area (Å²) in [6, 6.07) is 9.95. The van der Waals surface area contributed by atoms with Gasteiger partial charge in [-0.05, 0) is 43.6 Å². The number of ether oxygens (including phenoxy) is 1. The summed E-state index contributed by atoms with van der Waals surface area (Å²) in [4.78, 5) is 0. The van der Waals surface area contributed by atoms with Crippen LogP contribution in [-0.2, 0) is 6.54 Å². The maximum Gasteiger partial charge on any atom is 0.193 e. The van der Waals surface area contributed by atoms with Crippen LogP contribution in [0.2, 0.25) is 5.22 Å². The summed E-state index contributed by atoms with van der Waals surface area (Å²) in [7, 11) is 1.69. The molecule has 1 heterocycles. The second-order valence-corrected chi connectivity index (χ2v) is 4.93. The molecule has 0 fully saturated rings. The van der Waals surface area contributed by atoms with E-state index in [-0.39, 0.29) is 6.04 Å². The monoisotopic (exact) mass is 279 g/mol. The van der Waals surface area contributed by atoms with Crippen LogP contribution < -0.4 is 10.1 Å². The van der Waals surface area contributed by atoms with Crippen molar-refractivity contribution < 1.29 is 9.15 Å². The molecule has 3 nitrogen and oxygen atoms in total. The summed E-state index contributed by atoms with van der Waals surface area (Å²) in [5, 5.41) is 3.81. The van der Waals surface area contributed by atoms with Crippen LogP contribution in [-0.4, -0.2) is 7.11 Å². The summed E-state index contributed by atoms with van der Waals surface area (Å²) in [6.07, 6.45) is 0. The Morgan fingerprint density at radius 1 is 1.32 bits per heavy atom. The number of methoxy groups -OCH3 is 1. The van der Waals surface area contributed by atoms with Crippen LogP contribution in [0.4, 0.5) is 0 Å². The minimum absolute atomic E-state index is 0.165. The number of furan rings is 1. The van der Waals surface area contributed by atoms with Crippen LogP contribution in [0.5, 0.6) is 5.75 Å². The van der Waals surface area contributed by atoms with Crippen molar-refractivity contribution in [2.24, 2.45) is 0 Å². The molecular weight excluding hydrogens is 262 g/mol. The fraction of sp³-hybridized carbons (Fsp3) is 0.333. The molecule has 2 rings (SSSR count). The zero-order valence-corrected chi connectivity index (χ0v) is 12.1. The molecule has 1 N–H and O–H groups in total. The number of benzene rings is 1. The maximum absolute atomic E-state index is 5.75. The van der Waals surface area contributed by atoms with E-state index in [9.17, 15) is 0 Å². The first-order chi connectivity index (χ1) is 9.10. The van der Waals surface area contributed by atoms with Crippen LogP contribution in [0.15, 0.2) is 34.7 Å². The zero-order chi connectivity index (χ0) is 13.8. The average Bonchev–Trinajstić information content (AvgIpc) is 2.81. The minimum atomic E-state index is 0.165. The van der Waals surface area contributed by atoms with E-state index in [1.165, 1.54) is 5.56 Å². The second kappa shape index (κ2) is 6.13. The van der Waals surface area contributed by atoms with Gasteiger partial charge in [-0.3, -0.25) is 0 Å². The van der Waals surface area contributed by atoms with Crippen LogP contribution in [0.3, 0.4) is 0 Å². The van der Waals surface area contributed by atoms with Crippen LogP contribution >= 0.6 is 11.6 Å². The standard InChI is InChI=1S/C15H18ClNO2/c1-10-4-6-14(18-3)13(8-10)11(2)17-9-12-5-7-15(16)19-12/h4-8,11,17H,9H2,1-3H3. The lowest BCUT2D eigenvalue weighted by molar-refractivity contribution is 0.397. The molecule has 0 aliphatic heterocycles. The number of hydrogen-bond acceptors (Lipinski definition) is 3. The summed E-state index contributed by atoms with van der Waals surface area (Å²) in [6.45, 7) is 4.80. The lowest BCUT2D eigenvalue weighted by Gasteiger charge is -2.17. The Balaban J connectivity index is 2.06. The van der Waals surface area contributed by atoms with E-state index in [4.69, 9.17) is 20.8 Å². The summed E-state index contributed by atoms with van der Waals surface area (Å²) in [5.74, 6) is 1.71. The second-order valence-electron chi connectivity index (χ2n) is 4.55. The highest BCUT2D eigenvalue weighted by Crippen LogP contribution is 2.26. The number of rotatable bonds is 5. The lowest BCUT2D eigenvalue weighted by Crippen LogP contribution is -2.18. The van der Waals surface area contributed by atoms with Crippen LogP contribution in [0.25, 0.3) is 0 Å². The van der Waals surface area contributed by atoms with Gasteiger partial charge in [0.2, 0.25) is 0 Å². The first kappa shape index (κ1) is 14.0. The van der Waals surface area contributed by atoms with Crippen molar-refractivity contribution in [3.63, 3.8) is 0 Å². The lowest BCUT2D eigenvalue weighted by atomic mass is 10.0. The van der Waals surface area contributed by atoms with E-state index < -0.39 is 0 Å². The Kier molecular flexibility index (Phi) is 4.51. The van der Waals surface area contributed by atoms with Crippen molar-refractivity contribution in [3.8, 4) is 5.75 Å². The molecule has 0 aliphatic rings. The van der Waals surface area contributed by atoms with Crippen molar-refractivity contribution >= 4 is 11.6 Å². The van der Waals surface area contributed by atoms with Crippen molar-refractivity contribution in [1.82, 2.24) is 5.32 Å². The van der Waals surface area contributed by atoms with Gasteiger partial charge in [-0.15, -0.1) is 0 Å². The molecule has 0 amide bonds. The molecule has 102 valence electrons. The van der Waals surface area contributed by atoms with E-state index in [0.29, 0.717) is 11.8 Å². The fourth-order valence-electron chi connectivity index (χ4n) is 2.00. The molecule has 2 aromatic rings. The molecule has 1 atom stereocenters. The SMILES string of the molecule is COc1ccc(C)cc1C(C)NCc1ccc(Cl)o1. The molecule has 1 unspecified atom stereocenters. The highest BCUT2D eigenvalue weighted by molar-refractivity contribution is 6.28. The summed E-state index contributed by atoms with van der Waals surface area (Å²) in [5.41, 5.74) is 2.35. The molecule has 0 radical (unpaired) electrons. The zero-order valence-electron chi connectivity index (χ0n) is 11.4. The molecule has 0 saturated carbocycles. The predicted molar refractivity (Wildman–Crippen MR) is 76.7 cm³/mol. The van der Waals surface area contributed by atoms with Gasteiger partial charge in [-0.25, -0.2) is 0 Å². The van der Waals surface area contributed by atoms with Crippen molar-refractivity contribution in [2.45, 2.75) is 26.4 Å². The van der Waals surface area contributed by atoms with Gasteiger partial charge in [0.1, 0.15) is 11.5 Å².